The van der Waals surface area contributed by atoms with Crippen LogP contribution in [-0.2, 0) is 4.74 Å². The molecule has 5 nitrogen and oxygen atoms in total. The summed E-state index contributed by atoms with van der Waals surface area (Å²) >= 11 is 0. The summed E-state index contributed by atoms with van der Waals surface area (Å²) in [5.41, 5.74) is 2.16. The molecule has 0 bridgehead atoms. The molecule has 2 atom stereocenters. The number of urea groups is 1. The van der Waals surface area contributed by atoms with Gasteiger partial charge in [-0.2, -0.15) is 0 Å². The Hall–Kier alpha value is -1.59. The van der Waals surface area contributed by atoms with Gasteiger partial charge in [-0.1, -0.05) is 31.4 Å². The fourth-order valence-electron chi connectivity index (χ4n) is 3.54. The number of aliphatic hydroxyl groups excluding tert-OH is 1. The van der Waals surface area contributed by atoms with Crippen LogP contribution in [0.5, 0.6) is 0 Å². The fraction of sp³-hybridized carbons (Fsp3) is 0.611. The van der Waals surface area contributed by atoms with E-state index in [1.807, 2.05) is 12.1 Å². The lowest BCUT2D eigenvalue weighted by Crippen LogP contribution is -2.45. The number of carbonyl (C=O) groups excluding carboxylic acids is 1. The van der Waals surface area contributed by atoms with Crippen molar-refractivity contribution in [1.29, 1.82) is 0 Å². The molecule has 2 N–H and O–H groups in total. The van der Waals surface area contributed by atoms with Crippen LogP contribution in [0.15, 0.2) is 24.3 Å². The highest BCUT2D eigenvalue weighted by molar-refractivity contribution is 5.89. The van der Waals surface area contributed by atoms with Crippen LogP contribution in [0.4, 0.5) is 10.5 Å². The monoisotopic (exact) mass is 318 g/mol. The fourth-order valence-corrected chi connectivity index (χ4v) is 3.54. The summed E-state index contributed by atoms with van der Waals surface area (Å²) in [5.74, 6) is 0.668. The van der Waals surface area contributed by atoms with Gasteiger partial charge in [-0.3, -0.25) is 0 Å². The van der Waals surface area contributed by atoms with E-state index in [1.54, 1.807) is 7.05 Å². The molecule has 0 unspecified atom stereocenters. The zero-order valence-electron chi connectivity index (χ0n) is 13.7. The van der Waals surface area contributed by atoms with Gasteiger partial charge in [0, 0.05) is 12.7 Å². The highest BCUT2D eigenvalue weighted by Gasteiger charge is 2.32. The molecular weight excluding hydrogens is 292 g/mol. The van der Waals surface area contributed by atoms with Gasteiger partial charge < -0.3 is 20.1 Å². The Morgan fingerprint density at radius 1 is 1.17 bits per heavy atom. The van der Waals surface area contributed by atoms with E-state index in [0.717, 1.165) is 5.69 Å². The Labute approximate surface area is 137 Å². The average molecular weight is 318 g/mol. The van der Waals surface area contributed by atoms with Gasteiger partial charge in [-0.05, 0) is 36.5 Å². The van der Waals surface area contributed by atoms with Crippen LogP contribution in [0.25, 0.3) is 0 Å². The summed E-state index contributed by atoms with van der Waals surface area (Å²) in [6.45, 7) is 0.671. The number of carbonyl (C=O) groups is 1. The zero-order valence-corrected chi connectivity index (χ0v) is 13.7. The molecule has 23 heavy (non-hydrogen) atoms. The van der Waals surface area contributed by atoms with E-state index in [4.69, 9.17) is 4.74 Å². The topological polar surface area (TPSA) is 61.8 Å². The molecule has 1 saturated carbocycles. The minimum Gasteiger partial charge on any atom is -0.388 e. The first-order valence-corrected chi connectivity index (χ1v) is 8.55. The first kappa shape index (κ1) is 16.3. The van der Waals surface area contributed by atoms with Gasteiger partial charge >= 0.3 is 6.03 Å². The number of nitrogens with zero attached hydrogens (tertiary/aromatic N) is 1. The molecule has 5 heteroatoms. The number of ether oxygens (including phenoxy) is 1. The van der Waals surface area contributed by atoms with Crippen LogP contribution in [0, 0.1) is 0 Å². The molecule has 1 saturated heterocycles. The van der Waals surface area contributed by atoms with E-state index in [0.29, 0.717) is 19.1 Å². The molecule has 1 heterocycles. The highest BCUT2D eigenvalue weighted by Crippen LogP contribution is 2.33. The lowest BCUT2D eigenvalue weighted by molar-refractivity contribution is 0.106. The normalized spacial score (nSPS) is 25.3. The third kappa shape index (κ3) is 3.85. The smallest absolute Gasteiger partial charge is 0.322 e. The van der Waals surface area contributed by atoms with Crippen LogP contribution >= 0.6 is 0 Å². The number of anilines is 1. The number of benzene rings is 1. The molecule has 1 aromatic rings. The molecular formula is C18H26N2O3. The lowest BCUT2D eigenvalue weighted by Gasteiger charge is -2.26. The third-order valence-corrected chi connectivity index (χ3v) is 5.08. The number of amides is 2. The molecule has 2 aliphatic rings. The Kier molecular flexibility index (Phi) is 5.18. The van der Waals surface area contributed by atoms with Gasteiger partial charge in [0.05, 0.1) is 25.4 Å². The Morgan fingerprint density at radius 3 is 2.48 bits per heavy atom. The van der Waals surface area contributed by atoms with Crippen LogP contribution in [-0.4, -0.2) is 48.4 Å². The molecule has 1 aliphatic heterocycles. The van der Waals surface area contributed by atoms with E-state index in [1.165, 1.54) is 42.6 Å². The minimum absolute atomic E-state index is 0.218. The quantitative estimate of drug-likeness (QED) is 0.901. The molecule has 0 radical (unpaired) electrons. The second kappa shape index (κ2) is 7.32. The van der Waals surface area contributed by atoms with Gasteiger partial charge in [0.25, 0.3) is 0 Å². The summed E-state index contributed by atoms with van der Waals surface area (Å²) in [5, 5.41) is 12.7. The standard InChI is InChI=1S/C18H26N2O3/c1-20(16-11-23-12-17(16)21)18(22)19-15-9-7-14(8-10-15)13-5-3-2-4-6-13/h7-10,13,16-17,21H,2-6,11-12H2,1H3,(H,19,22)/t16-,17-/m0/s1. The maximum Gasteiger partial charge on any atom is 0.322 e. The Morgan fingerprint density at radius 2 is 1.87 bits per heavy atom. The molecule has 126 valence electrons. The molecule has 0 spiro atoms. The van der Waals surface area contributed by atoms with Crippen molar-refractivity contribution in [3.05, 3.63) is 29.8 Å². The maximum atomic E-state index is 12.3. The van der Waals surface area contributed by atoms with Crippen molar-refractivity contribution in [3.8, 4) is 0 Å². The SMILES string of the molecule is CN(C(=O)Nc1ccc(C2CCCCC2)cc1)[C@H]1COC[C@@H]1O. The van der Waals surface area contributed by atoms with Crippen molar-refractivity contribution in [1.82, 2.24) is 4.90 Å². The van der Waals surface area contributed by atoms with Crippen LogP contribution in [0.2, 0.25) is 0 Å². The summed E-state index contributed by atoms with van der Waals surface area (Å²) in [6.07, 6.45) is 5.93. The molecule has 2 amide bonds. The number of aliphatic hydroxyl groups is 1. The van der Waals surface area contributed by atoms with Gasteiger partial charge in [-0.15, -0.1) is 0 Å². The first-order valence-electron chi connectivity index (χ1n) is 8.55. The highest BCUT2D eigenvalue weighted by atomic mass is 16.5. The van der Waals surface area contributed by atoms with Crippen LogP contribution in [0.1, 0.15) is 43.6 Å². The van der Waals surface area contributed by atoms with E-state index < -0.39 is 6.10 Å². The van der Waals surface area contributed by atoms with Crippen LogP contribution < -0.4 is 5.32 Å². The van der Waals surface area contributed by atoms with Crippen molar-refractivity contribution < 1.29 is 14.6 Å². The number of hydrogen-bond donors (Lipinski definition) is 2. The Balaban J connectivity index is 1.58. The van der Waals surface area contributed by atoms with Crippen molar-refractivity contribution in [2.75, 3.05) is 25.6 Å². The van der Waals surface area contributed by atoms with Crippen molar-refractivity contribution in [2.24, 2.45) is 0 Å². The van der Waals surface area contributed by atoms with E-state index in [2.05, 4.69) is 17.4 Å². The predicted octanol–water partition coefficient (Wildman–Crippen LogP) is 2.96. The first-order chi connectivity index (χ1) is 11.1. The van der Waals surface area contributed by atoms with Gasteiger partial charge in [-0.25, -0.2) is 4.79 Å². The summed E-state index contributed by atoms with van der Waals surface area (Å²) in [6, 6.07) is 7.69. The maximum absolute atomic E-state index is 12.3. The second-order valence-corrected chi connectivity index (χ2v) is 6.67. The zero-order chi connectivity index (χ0) is 16.2. The molecule has 3 rings (SSSR count). The van der Waals surface area contributed by atoms with E-state index >= 15 is 0 Å². The molecule has 1 aliphatic carbocycles. The van der Waals surface area contributed by atoms with Gasteiger partial charge in [0.2, 0.25) is 0 Å². The summed E-state index contributed by atoms with van der Waals surface area (Å²) in [7, 11) is 1.69. The number of rotatable bonds is 3. The number of nitrogens with one attached hydrogen (secondary N) is 1. The predicted molar refractivity (Wildman–Crippen MR) is 89.7 cm³/mol. The molecule has 1 aromatic carbocycles. The van der Waals surface area contributed by atoms with Gasteiger partial charge in [0.1, 0.15) is 0 Å². The molecule has 2 fully saturated rings. The Bertz CT molecular complexity index is 526. The lowest BCUT2D eigenvalue weighted by atomic mass is 9.84. The van der Waals surface area contributed by atoms with Crippen molar-refractivity contribution in [2.45, 2.75) is 50.2 Å². The number of likely N-dealkylation sites (N-methyl/N-ethyl adjacent to an activating group) is 1. The second-order valence-electron chi connectivity index (χ2n) is 6.67. The summed E-state index contributed by atoms with van der Waals surface area (Å²) in [4.78, 5) is 13.8. The number of hydrogen-bond acceptors (Lipinski definition) is 3. The third-order valence-electron chi connectivity index (χ3n) is 5.08. The van der Waals surface area contributed by atoms with Crippen molar-refractivity contribution in [3.63, 3.8) is 0 Å². The molecule has 0 aromatic heterocycles. The van der Waals surface area contributed by atoms with E-state index in [9.17, 15) is 9.90 Å². The van der Waals surface area contributed by atoms with Crippen LogP contribution in [0.3, 0.4) is 0 Å². The minimum atomic E-state index is -0.612. The van der Waals surface area contributed by atoms with Crippen molar-refractivity contribution >= 4 is 11.7 Å². The van der Waals surface area contributed by atoms with E-state index in [-0.39, 0.29) is 12.1 Å². The summed E-state index contributed by atoms with van der Waals surface area (Å²) < 4.78 is 5.20. The average Bonchev–Trinajstić information content (AvgIpc) is 3.01. The van der Waals surface area contributed by atoms with Gasteiger partial charge in [0.15, 0.2) is 0 Å². The largest absolute Gasteiger partial charge is 0.388 e.